The van der Waals surface area contributed by atoms with Gasteiger partial charge in [0.25, 0.3) is 5.91 Å². The van der Waals surface area contributed by atoms with Gasteiger partial charge in [-0.3, -0.25) is 14.5 Å². The van der Waals surface area contributed by atoms with Crippen molar-refractivity contribution in [2.45, 2.75) is 6.54 Å². The smallest absolute Gasteiger partial charge is 0.257 e. The van der Waals surface area contributed by atoms with Gasteiger partial charge in [-0.15, -0.1) is 0 Å². The molecular weight excluding hydrogens is 399 g/mol. The molecule has 0 aliphatic rings. The molecule has 3 rings (SSSR count). The Hall–Kier alpha value is -2.80. The van der Waals surface area contributed by atoms with Crippen LogP contribution < -0.4 is 5.32 Å². The highest BCUT2D eigenvalue weighted by atomic mass is 79.9. The van der Waals surface area contributed by atoms with Gasteiger partial charge in [0, 0.05) is 37.1 Å². The molecule has 0 saturated carbocycles. The Morgan fingerprint density at radius 2 is 2.00 bits per heavy atom. The summed E-state index contributed by atoms with van der Waals surface area (Å²) in [4.78, 5) is 16.2. The topological polar surface area (TPSA) is 59.8 Å². The highest BCUT2D eigenvalue weighted by Gasteiger charge is 2.13. The third-order valence-electron chi connectivity index (χ3n) is 3.80. The number of aromatic nitrogens is 3. The average molecular weight is 415 g/mol. The van der Waals surface area contributed by atoms with Gasteiger partial charge in [0.15, 0.2) is 0 Å². The maximum atomic E-state index is 13.2. The van der Waals surface area contributed by atoms with Crippen LogP contribution in [0.25, 0.3) is 22.5 Å². The van der Waals surface area contributed by atoms with Crippen LogP contribution in [0.15, 0.2) is 59.9 Å². The molecule has 1 aromatic carbocycles. The number of carbonyl (C=O) groups excluding carboxylic acids is 1. The number of nitrogens with zero attached hydrogens (tertiary/aromatic N) is 3. The van der Waals surface area contributed by atoms with Gasteiger partial charge in [-0.25, -0.2) is 4.39 Å². The molecule has 2 heterocycles. The Morgan fingerprint density at radius 3 is 2.62 bits per heavy atom. The van der Waals surface area contributed by atoms with Gasteiger partial charge in [0.05, 0.1) is 15.9 Å². The summed E-state index contributed by atoms with van der Waals surface area (Å²) in [6.45, 7) is 3.84. The molecule has 0 atom stereocenters. The van der Waals surface area contributed by atoms with E-state index in [0.29, 0.717) is 5.69 Å². The van der Waals surface area contributed by atoms with Crippen molar-refractivity contribution >= 4 is 21.8 Å². The summed E-state index contributed by atoms with van der Waals surface area (Å²) in [6, 6.07) is 9.92. The van der Waals surface area contributed by atoms with E-state index in [0.717, 1.165) is 22.4 Å². The fourth-order valence-corrected chi connectivity index (χ4v) is 2.61. The minimum atomic E-state index is -0.298. The Kier molecular flexibility index (Phi) is 5.27. The minimum Gasteiger partial charge on any atom is -0.347 e. The first-order chi connectivity index (χ1) is 12.4. The summed E-state index contributed by atoms with van der Waals surface area (Å²) in [5.74, 6) is -0.590. The average Bonchev–Trinajstić information content (AvgIpc) is 3.06. The van der Waals surface area contributed by atoms with E-state index in [2.05, 4.69) is 37.9 Å². The Labute approximate surface area is 158 Å². The number of benzene rings is 1. The van der Waals surface area contributed by atoms with Crippen molar-refractivity contribution in [1.29, 1.82) is 0 Å². The number of aryl methyl sites for hydroxylation is 1. The van der Waals surface area contributed by atoms with Gasteiger partial charge in [-0.05, 0) is 57.9 Å². The fraction of sp³-hybridized carbons (Fsp3) is 0.105. The molecular formula is C19H16BrFN4O. The first kappa shape index (κ1) is 18.0. The fourth-order valence-electron chi connectivity index (χ4n) is 2.47. The molecule has 132 valence electrons. The van der Waals surface area contributed by atoms with Crippen LogP contribution in [0.4, 0.5) is 4.39 Å². The van der Waals surface area contributed by atoms with Crippen LogP contribution in [-0.4, -0.2) is 20.7 Å². The van der Waals surface area contributed by atoms with E-state index in [9.17, 15) is 9.18 Å². The first-order valence-electron chi connectivity index (χ1n) is 7.81. The molecule has 5 nitrogen and oxygen atoms in total. The number of amides is 1. The number of hydrogen-bond donors (Lipinski definition) is 1. The number of hydrogen-bond acceptors (Lipinski definition) is 3. The standard InChI is InChI=1S/C19H16BrFN4O/c1-12(20)19(26)23-11-14-10-22-18(13-3-5-15(21)6-4-13)9-16(14)17-7-8-25(2)24-17/h3-10H,1,11H2,2H3,(H,23,26). The van der Waals surface area contributed by atoms with Crippen LogP contribution >= 0.6 is 15.9 Å². The molecule has 2 aromatic heterocycles. The summed E-state index contributed by atoms with van der Waals surface area (Å²) in [6.07, 6.45) is 3.54. The number of halogens is 2. The van der Waals surface area contributed by atoms with E-state index >= 15 is 0 Å². The summed E-state index contributed by atoms with van der Waals surface area (Å²) in [5.41, 5.74) is 3.93. The van der Waals surface area contributed by atoms with E-state index in [1.54, 1.807) is 23.0 Å². The predicted octanol–water partition coefficient (Wildman–Crippen LogP) is 3.81. The number of carbonyl (C=O) groups is 1. The van der Waals surface area contributed by atoms with Crippen LogP contribution in [0.5, 0.6) is 0 Å². The predicted molar refractivity (Wildman–Crippen MR) is 102 cm³/mol. The second-order valence-electron chi connectivity index (χ2n) is 5.70. The van der Waals surface area contributed by atoms with Crippen LogP contribution in [-0.2, 0) is 18.4 Å². The Balaban J connectivity index is 1.99. The van der Waals surface area contributed by atoms with E-state index in [-0.39, 0.29) is 22.8 Å². The molecule has 0 unspecified atom stereocenters. The van der Waals surface area contributed by atoms with E-state index < -0.39 is 0 Å². The van der Waals surface area contributed by atoms with Gasteiger partial charge in [-0.1, -0.05) is 6.58 Å². The molecule has 0 saturated heterocycles. The Bertz CT molecular complexity index is 966. The van der Waals surface area contributed by atoms with Crippen LogP contribution in [0.2, 0.25) is 0 Å². The lowest BCUT2D eigenvalue weighted by Crippen LogP contribution is -2.22. The zero-order chi connectivity index (χ0) is 18.7. The van der Waals surface area contributed by atoms with Crippen LogP contribution in [0, 0.1) is 5.82 Å². The van der Waals surface area contributed by atoms with Crippen LogP contribution in [0.1, 0.15) is 5.56 Å². The van der Waals surface area contributed by atoms with Crippen molar-refractivity contribution in [3.63, 3.8) is 0 Å². The van der Waals surface area contributed by atoms with Gasteiger partial charge < -0.3 is 5.32 Å². The summed E-state index contributed by atoms with van der Waals surface area (Å²) in [5, 5.41) is 7.21. The summed E-state index contributed by atoms with van der Waals surface area (Å²) in [7, 11) is 1.84. The Morgan fingerprint density at radius 1 is 1.27 bits per heavy atom. The number of pyridine rings is 1. The molecule has 7 heteroatoms. The lowest BCUT2D eigenvalue weighted by molar-refractivity contribution is -0.116. The molecule has 1 N–H and O–H groups in total. The van der Waals surface area contributed by atoms with Crippen molar-refractivity contribution < 1.29 is 9.18 Å². The number of nitrogens with one attached hydrogen (secondary N) is 1. The third kappa shape index (κ3) is 4.05. The molecule has 0 aliphatic carbocycles. The van der Waals surface area contributed by atoms with E-state index in [4.69, 9.17) is 0 Å². The molecule has 0 bridgehead atoms. The lowest BCUT2D eigenvalue weighted by atomic mass is 10.0. The molecule has 0 fully saturated rings. The van der Waals surface area contributed by atoms with Crippen LogP contribution in [0.3, 0.4) is 0 Å². The molecule has 1 amide bonds. The van der Waals surface area contributed by atoms with Gasteiger partial charge >= 0.3 is 0 Å². The highest BCUT2D eigenvalue weighted by molar-refractivity contribution is 9.12. The quantitative estimate of drug-likeness (QED) is 0.645. The summed E-state index contributed by atoms with van der Waals surface area (Å²) < 4.78 is 15.1. The maximum absolute atomic E-state index is 13.2. The van der Waals surface area contributed by atoms with Crippen molar-refractivity contribution in [2.24, 2.45) is 7.05 Å². The van der Waals surface area contributed by atoms with Gasteiger partial charge in [-0.2, -0.15) is 5.10 Å². The monoisotopic (exact) mass is 414 g/mol. The zero-order valence-corrected chi connectivity index (χ0v) is 15.6. The second-order valence-corrected chi connectivity index (χ2v) is 6.65. The van der Waals surface area contributed by atoms with E-state index in [1.165, 1.54) is 12.1 Å². The maximum Gasteiger partial charge on any atom is 0.257 e. The van der Waals surface area contributed by atoms with Crippen molar-refractivity contribution in [2.75, 3.05) is 0 Å². The normalized spacial score (nSPS) is 10.6. The third-order valence-corrected chi connectivity index (χ3v) is 4.16. The molecule has 0 aliphatic heterocycles. The van der Waals surface area contributed by atoms with Gasteiger partial charge in [0.2, 0.25) is 0 Å². The zero-order valence-electron chi connectivity index (χ0n) is 14.0. The minimum absolute atomic E-state index is 0.257. The number of rotatable bonds is 5. The molecule has 0 spiro atoms. The SMILES string of the molecule is C=C(Br)C(=O)NCc1cnc(-c2ccc(F)cc2)cc1-c1ccn(C)n1. The molecule has 0 radical (unpaired) electrons. The van der Waals surface area contributed by atoms with Gasteiger partial charge in [0.1, 0.15) is 5.82 Å². The van der Waals surface area contributed by atoms with Crippen molar-refractivity contribution in [1.82, 2.24) is 20.1 Å². The molecule has 3 aromatic rings. The van der Waals surface area contributed by atoms with Crippen molar-refractivity contribution in [3.05, 3.63) is 71.2 Å². The lowest BCUT2D eigenvalue weighted by Gasteiger charge is -2.11. The summed E-state index contributed by atoms with van der Waals surface area (Å²) >= 11 is 3.06. The van der Waals surface area contributed by atoms with Crippen molar-refractivity contribution in [3.8, 4) is 22.5 Å². The second kappa shape index (κ2) is 7.61. The largest absolute Gasteiger partial charge is 0.347 e. The highest BCUT2D eigenvalue weighted by Crippen LogP contribution is 2.27. The van der Waals surface area contributed by atoms with E-state index in [1.807, 2.05) is 25.4 Å². The molecule has 26 heavy (non-hydrogen) atoms. The first-order valence-corrected chi connectivity index (χ1v) is 8.61.